The number of nitrogens with one attached hydrogen (secondary N) is 1. The van der Waals surface area contributed by atoms with E-state index < -0.39 is 0 Å². The summed E-state index contributed by atoms with van der Waals surface area (Å²) in [5, 5.41) is 4.33. The van der Waals surface area contributed by atoms with Gasteiger partial charge < -0.3 is 5.32 Å². The van der Waals surface area contributed by atoms with Gasteiger partial charge in [0, 0.05) is 11.0 Å². The highest BCUT2D eigenvalue weighted by Gasteiger charge is 2.11. The van der Waals surface area contributed by atoms with Crippen LogP contribution < -0.4 is 5.32 Å². The fraction of sp³-hybridized carbons (Fsp3) is 0.571. The lowest BCUT2D eigenvalue weighted by Crippen LogP contribution is -2.14. The van der Waals surface area contributed by atoms with Gasteiger partial charge in [-0.2, -0.15) is 11.8 Å². The Morgan fingerprint density at radius 1 is 1.19 bits per heavy atom. The summed E-state index contributed by atoms with van der Waals surface area (Å²) >= 11 is 2.13. The molecule has 0 radical (unpaired) electrons. The average Bonchev–Trinajstić information content (AvgIpc) is 2.57. The molecule has 1 fully saturated rings. The van der Waals surface area contributed by atoms with Crippen LogP contribution in [0, 0.1) is 6.92 Å². The Morgan fingerprint density at radius 3 is 2.81 bits per heavy atom. The highest BCUT2D eigenvalue weighted by Crippen LogP contribution is 2.25. The molecule has 2 rings (SSSR count). The topological polar surface area (TPSA) is 12.0 Å². The summed E-state index contributed by atoms with van der Waals surface area (Å²) in [6.07, 6.45) is 4.05. The maximum absolute atomic E-state index is 3.47. The lowest BCUT2D eigenvalue weighted by atomic mass is 10.2. The minimum Gasteiger partial charge on any atom is -0.317 e. The molecule has 88 valence electrons. The van der Waals surface area contributed by atoms with E-state index in [2.05, 4.69) is 48.3 Å². The molecule has 0 aliphatic carbocycles. The van der Waals surface area contributed by atoms with Gasteiger partial charge in [-0.1, -0.05) is 29.8 Å². The Hall–Kier alpha value is -0.470. The number of thioether (sulfide) groups is 1. The van der Waals surface area contributed by atoms with Gasteiger partial charge in [0.2, 0.25) is 0 Å². The van der Waals surface area contributed by atoms with Crippen LogP contribution in [0.25, 0.3) is 0 Å². The van der Waals surface area contributed by atoms with E-state index in [4.69, 9.17) is 0 Å². The molecule has 0 bridgehead atoms. The first-order valence-corrected chi connectivity index (χ1v) is 7.27. The van der Waals surface area contributed by atoms with Gasteiger partial charge in [-0.05, 0) is 44.8 Å². The molecule has 16 heavy (non-hydrogen) atoms. The molecule has 1 aliphatic rings. The fourth-order valence-corrected chi connectivity index (χ4v) is 3.29. The molecule has 1 saturated heterocycles. The van der Waals surface area contributed by atoms with Crippen LogP contribution in [0.15, 0.2) is 24.3 Å². The maximum Gasteiger partial charge on any atom is 0.0187 e. The molecule has 1 heterocycles. The second kappa shape index (κ2) is 6.31. The summed E-state index contributed by atoms with van der Waals surface area (Å²) in [4.78, 5) is 0. The predicted molar refractivity (Wildman–Crippen MR) is 73.0 cm³/mol. The van der Waals surface area contributed by atoms with E-state index in [0.29, 0.717) is 0 Å². The van der Waals surface area contributed by atoms with Gasteiger partial charge in [0.25, 0.3) is 0 Å². The quantitative estimate of drug-likeness (QED) is 0.862. The van der Waals surface area contributed by atoms with Crippen LogP contribution in [-0.2, 0) is 5.75 Å². The van der Waals surface area contributed by atoms with Crippen LogP contribution in [0.2, 0.25) is 0 Å². The Morgan fingerprint density at radius 2 is 2.00 bits per heavy atom. The minimum atomic E-state index is 0.858. The second-order valence-electron chi connectivity index (χ2n) is 4.60. The number of rotatable bonds is 3. The molecule has 0 amide bonds. The maximum atomic E-state index is 3.47. The number of hydrogen-bond donors (Lipinski definition) is 1. The third-order valence-corrected chi connectivity index (χ3v) is 4.57. The van der Waals surface area contributed by atoms with Crippen molar-refractivity contribution in [2.45, 2.75) is 37.2 Å². The molecular formula is C14H21NS. The van der Waals surface area contributed by atoms with Gasteiger partial charge in [0.15, 0.2) is 0 Å². The number of benzene rings is 1. The van der Waals surface area contributed by atoms with E-state index in [-0.39, 0.29) is 0 Å². The van der Waals surface area contributed by atoms with E-state index in [9.17, 15) is 0 Å². The SMILES string of the molecule is Cc1ccc(CSC2CCCNCC2)cc1. The first-order chi connectivity index (χ1) is 7.84. The highest BCUT2D eigenvalue weighted by atomic mass is 32.2. The third kappa shape index (κ3) is 3.84. The van der Waals surface area contributed by atoms with Gasteiger partial charge in [-0.15, -0.1) is 0 Å². The molecule has 1 aliphatic heterocycles. The van der Waals surface area contributed by atoms with Gasteiger partial charge in [-0.25, -0.2) is 0 Å². The number of hydrogen-bond acceptors (Lipinski definition) is 2. The standard InChI is InChI=1S/C14H21NS/c1-12-4-6-13(7-5-12)11-16-14-3-2-9-15-10-8-14/h4-7,14-15H,2-3,8-11H2,1H3. The van der Waals surface area contributed by atoms with Crippen molar-refractivity contribution < 1.29 is 0 Å². The molecule has 1 unspecified atom stereocenters. The van der Waals surface area contributed by atoms with Crippen LogP contribution in [-0.4, -0.2) is 18.3 Å². The summed E-state index contributed by atoms with van der Waals surface area (Å²) in [6.45, 7) is 4.56. The minimum absolute atomic E-state index is 0.858. The monoisotopic (exact) mass is 235 g/mol. The van der Waals surface area contributed by atoms with Crippen LogP contribution in [0.4, 0.5) is 0 Å². The first-order valence-electron chi connectivity index (χ1n) is 6.22. The Bertz CT molecular complexity index is 299. The van der Waals surface area contributed by atoms with E-state index in [1.54, 1.807) is 0 Å². The normalized spacial score (nSPS) is 21.7. The fourth-order valence-electron chi connectivity index (χ4n) is 2.05. The summed E-state index contributed by atoms with van der Waals surface area (Å²) in [5.74, 6) is 1.17. The molecule has 1 aromatic carbocycles. The molecule has 0 saturated carbocycles. The van der Waals surface area contributed by atoms with E-state index in [1.165, 1.54) is 49.2 Å². The van der Waals surface area contributed by atoms with E-state index in [1.807, 2.05) is 0 Å². The largest absolute Gasteiger partial charge is 0.317 e. The van der Waals surface area contributed by atoms with Crippen molar-refractivity contribution in [1.82, 2.24) is 5.32 Å². The molecule has 1 atom stereocenters. The summed E-state index contributed by atoms with van der Waals surface area (Å²) < 4.78 is 0. The first kappa shape index (κ1) is 12.0. The van der Waals surface area contributed by atoms with Gasteiger partial charge in [0.05, 0.1) is 0 Å². The average molecular weight is 235 g/mol. The molecular weight excluding hydrogens is 214 g/mol. The van der Waals surface area contributed by atoms with Crippen molar-refractivity contribution in [3.8, 4) is 0 Å². The van der Waals surface area contributed by atoms with E-state index in [0.717, 1.165) is 5.25 Å². The van der Waals surface area contributed by atoms with Crippen LogP contribution in [0.5, 0.6) is 0 Å². The zero-order chi connectivity index (χ0) is 11.2. The van der Waals surface area contributed by atoms with Crippen molar-refractivity contribution in [1.29, 1.82) is 0 Å². The second-order valence-corrected chi connectivity index (χ2v) is 5.89. The smallest absolute Gasteiger partial charge is 0.0187 e. The number of aryl methyl sites for hydroxylation is 1. The Balaban J connectivity index is 1.79. The Kier molecular flexibility index (Phi) is 4.73. The van der Waals surface area contributed by atoms with Crippen molar-refractivity contribution >= 4 is 11.8 Å². The van der Waals surface area contributed by atoms with Crippen molar-refractivity contribution in [2.24, 2.45) is 0 Å². The van der Waals surface area contributed by atoms with Crippen LogP contribution in [0.1, 0.15) is 30.4 Å². The van der Waals surface area contributed by atoms with Crippen LogP contribution >= 0.6 is 11.8 Å². The van der Waals surface area contributed by atoms with Crippen LogP contribution in [0.3, 0.4) is 0 Å². The lowest BCUT2D eigenvalue weighted by Gasteiger charge is -2.13. The molecule has 0 aromatic heterocycles. The molecule has 0 spiro atoms. The predicted octanol–water partition coefficient (Wildman–Crippen LogP) is 3.37. The molecule has 1 N–H and O–H groups in total. The van der Waals surface area contributed by atoms with Gasteiger partial charge >= 0.3 is 0 Å². The lowest BCUT2D eigenvalue weighted by molar-refractivity contribution is 0.703. The van der Waals surface area contributed by atoms with Gasteiger partial charge in [-0.3, -0.25) is 0 Å². The van der Waals surface area contributed by atoms with Crippen molar-refractivity contribution in [2.75, 3.05) is 13.1 Å². The van der Waals surface area contributed by atoms with E-state index >= 15 is 0 Å². The molecule has 2 heteroatoms. The van der Waals surface area contributed by atoms with Gasteiger partial charge in [0.1, 0.15) is 0 Å². The van der Waals surface area contributed by atoms with Crippen molar-refractivity contribution in [3.05, 3.63) is 35.4 Å². The van der Waals surface area contributed by atoms with Crippen molar-refractivity contribution in [3.63, 3.8) is 0 Å². The molecule has 1 aromatic rings. The highest BCUT2D eigenvalue weighted by molar-refractivity contribution is 7.99. The third-order valence-electron chi connectivity index (χ3n) is 3.13. The zero-order valence-corrected chi connectivity index (χ0v) is 10.9. The summed E-state index contributed by atoms with van der Waals surface area (Å²) in [6, 6.07) is 8.95. The summed E-state index contributed by atoms with van der Waals surface area (Å²) in [7, 11) is 0. The zero-order valence-electron chi connectivity index (χ0n) is 10.0. The Labute approximate surface area is 103 Å². The molecule has 1 nitrogen and oxygen atoms in total. The summed E-state index contributed by atoms with van der Waals surface area (Å²) in [5.41, 5.74) is 2.82.